The average molecular weight is 263 g/mol. The first kappa shape index (κ1) is 13.3. The second-order valence-electron chi connectivity index (χ2n) is 4.09. The lowest BCUT2D eigenvalue weighted by Crippen LogP contribution is -2.08. The molecule has 0 atom stereocenters. The van der Waals surface area contributed by atoms with Crippen LogP contribution in [-0.2, 0) is 11.2 Å². The first-order valence-corrected chi connectivity index (χ1v) is 5.98. The van der Waals surface area contributed by atoms with Crippen molar-refractivity contribution < 1.29 is 18.4 Å². The molecular weight excluding hydrogens is 249 g/mol. The standard InChI is InChI=1S/C14H14FNO3/c1-3-18-14(17)13-9(2)16-19-12(13)8-10-5-4-6-11(15)7-10/h4-7H,3,8H2,1-2H3. The quantitative estimate of drug-likeness (QED) is 0.796. The molecule has 1 aromatic carbocycles. The van der Waals surface area contributed by atoms with Crippen LogP contribution in [-0.4, -0.2) is 17.7 Å². The highest BCUT2D eigenvalue weighted by molar-refractivity contribution is 5.91. The number of ether oxygens (including phenoxy) is 1. The maximum absolute atomic E-state index is 13.1. The molecular formula is C14H14FNO3. The van der Waals surface area contributed by atoms with E-state index >= 15 is 0 Å². The van der Waals surface area contributed by atoms with Gasteiger partial charge in [-0.05, 0) is 31.5 Å². The summed E-state index contributed by atoms with van der Waals surface area (Å²) in [4.78, 5) is 11.8. The van der Waals surface area contributed by atoms with Gasteiger partial charge < -0.3 is 9.26 Å². The van der Waals surface area contributed by atoms with Gasteiger partial charge in [-0.15, -0.1) is 0 Å². The van der Waals surface area contributed by atoms with E-state index in [9.17, 15) is 9.18 Å². The molecule has 100 valence electrons. The summed E-state index contributed by atoms with van der Waals surface area (Å²) in [5.74, 6) is -0.402. The Bertz CT molecular complexity index is 592. The smallest absolute Gasteiger partial charge is 0.343 e. The fraction of sp³-hybridized carbons (Fsp3) is 0.286. The molecule has 1 heterocycles. The first-order valence-electron chi connectivity index (χ1n) is 5.98. The molecule has 0 radical (unpaired) electrons. The highest BCUT2D eigenvalue weighted by Crippen LogP contribution is 2.19. The van der Waals surface area contributed by atoms with Crippen molar-refractivity contribution >= 4 is 5.97 Å². The van der Waals surface area contributed by atoms with Crippen molar-refractivity contribution in [2.75, 3.05) is 6.61 Å². The van der Waals surface area contributed by atoms with Crippen molar-refractivity contribution in [1.29, 1.82) is 0 Å². The average Bonchev–Trinajstić information content (AvgIpc) is 2.71. The second kappa shape index (κ2) is 5.65. The third kappa shape index (κ3) is 2.99. The Morgan fingerprint density at radius 3 is 2.95 bits per heavy atom. The van der Waals surface area contributed by atoms with Crippen LogP contribution in [0.1, 0.15) is 34.3 Å². The third-order valence-corrected chi connectivity index (χ3v) is 2.67. The maximum Gasteiger partial charge on any atom is 0.343 e. The fourth-order valence-corrected chi connectivity index (χ4v) is 1.83. The van der Waals surface area contributed by atoms with Gasteiger partial charge in [0.1, 0.15) is 11.4 Å². The lowest BCUT2D eigenvalue weighted by atomic mass is 10.1. The number of aryl methyl sites for hydroxylation is 1. The normalized spacial score (nSPS) is 10.5. The molecule has 0 saturated carbocycles. The Morgan fingerprint density at radius 1 is 1.47 bits per heavy atom. The molecule has 0 fully saturated rings. The molecule has 5 heteroatoms. The molecule has 0 aliphatic carbocycles. The highest BCUT2D eigenvalue weighted by atomic mass is 19.1. The minimum absolute atomic E-state index is 0.281. The molecule has 0 unspecified atom stereocenters. The second-order valence-corrected chi connectivity index (χ2v) is 4.09. The number of carbonyl (C=O) groups excluding carboxylic acids is 1. The van der Waals surface area contributed by atoms with Gasteiger partial charge in [-0.2, -0.15) is 0 Å². The zero-order chi connectivity index (χ0) is 13.8. The van der Waals surface area contributed by atoms with Crippen LogP contribution < -0.4 is 0 Å². The van der Waals surface area contributed by atoms with Crippen molar-refractivity contribution in [1.82, 2.24) is 5.16 Å². The molecule has 1 aromatic heterocycles. The summed E-state index contributed by atoms with van der Waals surface area (Å²) in [5.41, 5.74) is 1.51. The van der Waals surface area contributed by atoms with E-state index in [1.165, 1.54) is 12.1 Å². The van der Waals surface area contributed by atoms with Crippen LogP contribution in [0.4, 0.5) is 4.39 Å². The van der Waals surface area contributed by atoms with Crippen molar-refractivity contribution in [2.45, 2.75) is 20.3 Å². The molecule has 2 aromatic rings. The van der Waals surface area contributed by atoms with Gasteiger partial charge >= 0.3 is 5.97 Å². The van der Waals surface area contributed by atoms with Gasteiger partial charge in [0, 0.05) is 6.42 Å². The minimum atomic E-state index is -0.465. The maximum atomic E-state index is 13.1. The van der Waals surface area contributed by atoms with Crippen molar-refractivity contribution in [3.63, 3.8) is 0 Å². The largest absolute Gasteiger partial charge is 0.462 e. The highest BCUT2D eigenvalue weighted by Gasteiger charge is 2.21. The van der Waals surface area contributed by atoms with Gasteiger partial charge in [0.2, 0.25) is 0 Å². The Hall–Kier alpha value is -2.17. The van der Waals surface area contributed by atoms with Gasteiger partial charge in [-0.25, -0.2) is 9.18 Å². The lowest BCUT2D eigenvalue weighted by molar-refractivity contribution is 0.0523. The van der Waals surface area contributed by atoms with E-state index in [-0.39, 0.29) is 12.4 Å². The lowest BCUT2D eigenvalue weighted by Gasteiger charge is -2.03. The van der Waals surface area contributed by atoms with E-state index in [1.807, 2.05) is 0 Å². The summed E-state index contributed by atoms with van der Waals surface area (Å²) in [6.45, 7) is 3.68. The molecule has 0 bridgehead atoms. The zero-order valence-corrected chi connectivity index (χ0v) is 10.8. The van der Waals surface area contributed by atoms with Crippen LogP contribution in [0.25, 0.3) is 0 Å². The summed E-state index contributed by atoms with van der Waals surface area (Å²) in [7, 11) is 0. The molecule has 0 aliphatic heterocycles. The molecule has 0 spiro atoms. The minimum Gasteiger partial charge on any atom is -0.462 e. The first-order chi connectivity index (χ1) is 9.11. The number of hydrogen-bond acceptors (Lipinski definition) is 4. The summed E-state index contributed by atoms with van der Waals surface area (Å²) in [5, 5.41) is 3.77. The number of aromatic nitrogens is 1. The fourth-order valence-electron chi connectivity index (χ4n) is 1.83. The number of esters is 1. The van der Waals surface area contributed by atoms with E-state index < -0.39 is 5.97 Å². The van der Waals surface area contributed by atoms with E-state index in [0.29, 0.717) is 29.0 Å². The number of benzene rings is 1. The number of carbonyl (C=O) groups is 1. The van der Waals surface area contributed by atoms with E-state index in [4.69, 9.17) is 9.26 Å². The predicted molar refractivity (Wildman–Crippen MR) is 66.4 cm³/mol. The summed E-state index contributed by atoms with van der Waals surface area (Å²) < 4.78 is 23.2. The predicted octanol–water partition coefficient (Wildman–Crippen LogP) is 2.89. The molecule has 0 N–H and O–H groups in total. The third-order valence-electron chi connectivity index (χ3n) is 2.67. The zero-order valence-electron chi connectivity index (χ0n) is 10.8. The van der Waals surface area contributed by atoms with Crippen LogP contribution in [0.2, 0.25) is 0 Å². The van der Waals surface area contributed by atoms with Crippen LogP contribution in [0.3, 0.4) is 0 Å². The van der Waals surface area contributed by atoms with Crippen molar-refractivity contribution in [3.05, 3.63) is 52.7 Å². The Morgan fingerprint density at radius 2 is 2.26 bits per heavy atom. The van der Waals surface area contributed by atoms with Gasteiger partial charge in [-0.3, -0.25) is 0 Å². The molecule has 2 rings (SSSR count). The summed E-state index contributed by atoms with van der Waals surface area (Å²) >= 11 is 0. The van der Waals surface area contributed by atoms with Gasteiger partial charge in [0.05, 0.1) is 12.3 Å². The Labute approximate surface area is 110 Å². The number of rotatable bonds is 4. The van der Waals surface area contributed by atoms with Crippen molar-refractivity contribution in [3.8, 4) is 0 Å². The van der Waals surface area contributed by atoms with Gasteiger partial charge in [0.25, 0.3) is 0 Å². The van der Waals surface area contributed by atoms with Crippen LogP contribution in [0.15, 0.2) is 28.8 Å². The topological polar surface area (TPSA) is 52.3 Å². The molecule has 4 nitrogen and oxygen atoms in total. The van der Waals surface area contributed by atoms with E-state index in [0.717, 1.165) is 0 Å². The van der Waals surface area contributed by atoms with Gasteiger partial charge in [-0.1, -0.05) is 17.3 Å². The van der Waals surface area contributed by atoms with Crippen LogP contribution >= 0.6 is 0 Å². The molecule has 0 saturated heterocycles. The Balaban J connectivity index is 2.28. The summed E-state index contributed by atoms with van der Waals surface area (Å²) in [6.07, 6.45) is 0.298. The number of halogens is 1. The van der Waals surface area contributed by atoms with E-state index in [2.05, 4.69) is 5.16 Å². The van der Waals surface area contributed by atoms with Crippen molar-refractivity contribution in [2.24, 2.45) is 0 Å². The molecule has 0 aliphatic rings. The van der Waals surface area contributed by atoms with Gasteiger partial charge in [0.15, 0.2) is 5.76 Å². The summed E-state index contributed by atoms with van der Waals surface area (Å²) in [6, 6.07) is 6.13. The van der Waals surface area contributed by atoms with E-state index in [1.54, 1.807) is 26.0 Å². The SMILES string of the molecule is CCOC(=O)c1c(C)noc1Cc1cccc(F)c1. The van der Waals surface area contributed by atoms with Crippen LogP contribution in [0.5, 0.6) is 0 Å². The number of nitrogens with zero attached hydrogens (tertiary/aromatic N) is 1. The molecule has 0 amide bonds. The van der Waals surface area contributed by atoms with Crippen LogP contribution in [0, 0.1) is 12.7 Å². The Kier molecular flexibility index (Phi) is 3.94. The number of hydrogen-bond donors (Lipinski definition) is 0. The monoisotopic (exact) mass is 263 g/mol. The molecule has 19 heavy (non-hydrogen) atoms.